The molecule has 6 nitrogen and oxygen atoms in total. The fourth-order valence-electron chi connectivity index (χ4n) is 3.29. The van der Waals surface area contributed by atoms with Crippen molar-refractivity contribution >= 4 is 28.4 Å². The summed E-state index contributed by atoms with van der Waals surface area (Å²) in [6, 6.07) is 15.3. The SMILES string of the molecule is O=c1cc(Cn2c(SCc3ccc(F)cc3)nc3ccncc32)nc2ccccn12. The number of rotatable bonds is 5. The molecule has 0 amide bonds. The monoisotopic (exact) mass is 417 g/mol. The summed E-state index contributed by atoms with van der Waals surface area (Å²) in [6.07, 6.45) is 5.17. The lowest BCUT2D eigenvalue weighted by Gasteiger charge is -2.09. The summed E-state index contributed by atoms with van der Waals surface area (Å²) >= 11 is 1.55. The van der Waals surface area contributed by atoms with Crippen LogP contribution in [0.2, 0.25) is 0 Å². The van der Waals surface area contributed by atoms with E-state index in [9.17, 15) is 9.18 Å². The largest absolute Gasteiger partial charge is 0.312 e. The summed E-state index contributed by atoms with van der Waals surface area (Å²) in [4.78, 5) is 26.0. The van der Waals surface area contributed by atoms with E-state index < -0.39 is 0 Å². The van der Waals surface area contributed by atoms with Crippen LogP contribution in [0.5, 0.6) is 0 Å². The summed E-state index contributed by atoms with van der Waals surface area (Å²) in [7, 11) is 0. The molecule has 4 heterocycles. The molecule has 0 saturated carbocycles. The number of thioether (sulfide) groups is 1. The molecule has 1 aromatic carbocycles. The first kappa shape index (κ1) is 18.5. The van der Waals surface area contributed by atoms with E-state index in [1.165, 1.54) is 16.5 Å². The van der Waals surface area contributed by atoms with E-state index in [4.69, 9.17) is 4.98 Å². The van der Waals surface area contributed by atoms with Gasteiger partial charge in [0.15, 0.2) is 5.16 Å². The van der Waals surface area contributed by atoms with Crippen LogP contribution in [0, 0.1) is 5.82 Å². The standard InChI is InChI=1S/C22H16FN5OS/c23-16-6-4-15(5-7-16)14-30-22-26-18-8-9-24-12-19(18)28(22)13-17-11-21(29)27-10-2-1-3-20(27)25-17/h1-12H,13-14H2. The highest BCUT2D eigenvalue weighted by molar-refractivity contribution is 7.98. The maximum absolute atomic E-state index is 13.2. The van der Waals surface area contributed by atoms with Gasteiger partial charge in [-0.15, -0.1) is 0 Å². The van der Waals surface area contributed by atoms with Crippen LogP contribution in [0.3, 0.4) is 0 Å². The molecular formula is C22H16FN5OS. The van der Waals surface area contributed by atoms with Crippen LogP contribution in [0.1, 0.15) is 11.3 Å². The molecule has 0 fully saturated rings. The molecule has 8 heteroatoms. The number of hydrogen-bond acceptors (Lipinski definition) is 5. The van der Waals surface area contributed by atoms with E-state index in [0.29, 0.717) is 23.6 Å². The van der Waals surface area contributed by atoms with Gasteiger partial charge in [-0.1, -0.05) is 30.0 Å². The molecule has 148 valence electrons. The zero-order valence-corrected chi connectivity index (χ0v) is 16.6. The fraction of sp³-hybridized carbons (Fsp3) is 0.0909. The average molecular weight is 417 g/mol. The second kappa shape index (κ2) is 7.72. The van der Waals surface area contributed by atoms with Gasteiger partial charge in [0.2, 0.25) is 0 Å². The third-order valence-electron chi connectivity index (χ3n) is 4.74. The molecule has 0 aliphatic carbocycles. The predicted octanol–water partition coefficient (Wildman–Crippen LogP) is 3.92. The van der Waals surface area contributed by atoms with E-state index in [1.807, 2.05) is 22.8 Å². The zero-order valence-electron chi connectivity index (χ0n) is 15.8. The zero-order chi connectivity index (χ0) is 20.5. The van der Waals surface area contributed by atoms with Crippen molar-refractivity contribution in [3.8, 4) is 0 Å². The Labute approximate surface area is 175 Å². The Morgan fingerprint density at radius 2 is 1.90 bits per heavy atom. The van der Waals surface area contributed by atoms with Gasteiger partial charge in [0.1, 0.15) is 11.5 Å². The smallest absolute Gasteiger partial charge is 0.258 e. The molecule has 0 aliphatic rings. The number of imidazole rings is 1. The number of fused-ring (bicyclic) bond motifs is 2. The van der Waals surface area contributed by atoms with E-state index in [1.54, 1.807) is 54.6 Å². The molecule has 0 saturated heterocycles. The van der Waals surface area contributed by atoms with Gasteiger partial charge in [0.05, 0.1) is 29.5 Å². The number of aromatic nitrogens is 5. The number of hydrogen-bond donors (Lipinski definition) is 0. The lowest BCUT2D eigenvalue weighted by Crippen LogP contribution is -2.16. The van der Waals surface area contributed by atoms with Crippen molar-refractivity contribution in [3.05, 3.63) is 101 Å². The Kier molecular flexibility index (Phi) is 4.76. The summed E-state index contributed by atoms with van der Waals surface area (Å²) in [5, 5.41) is 0.789. The molecule has 0 unspecified atom stereocenters. The Balaban J connectivity index is 1.52. The summed E-state index contributed by atoms with van der Waals surface area (Å²) in [5.74, 6) is 0.390. The van der Waals surface area contributed by atoms with Crippen molar-refractivity contribution in [1.82, 2.24) is 23.9 Å². The summed E-state index contributed by atoms with van der Waals surface area (Å²) in [6.45, 7) is 0.397. The number of halogens is 1. The second-order valence-corrected chi connectivity index (χ2v) is 7.72. The molecule has 5 rings (SSSR count). The van der Waals surface area contributed by atoms with Crippen LogP contribution in [0.25, 0.3) is 16.7 Å². The van der Waals surface area contributed by atoms with Crippen LogP contribution in [-0.2, 0) is 12.3 Å². The van der Waals surface area contributed by atoms with Crippen molar-refractivity contribution in [2.24, 2.45) is 0 Å². The number of benzene rings is 1. The van der Waals surface area contributed by atoms with Gasteiger partial charge < -0.3 is 4.57 Å². The minimum Gasteiger partial charge on any atom is -0.312 e. The molecule has 0 atom stereocenters. The van der Waals surface area contributed by atoms with Crippen molar-refractivity contribution in [2.45, 2.75) is 17.5 Å². The van der Waals surface area contributed by atoms with E-state index in [0.717, 1.165) is 21.8 Å². The first-order valence-corrected chi connectivity index (χ1v) is 10.3. The maximum Gasteiger partial charge on any atom is 0.258 e. The Morgan fingerprint density at radius 1 is 1.03 bits per heavy atom. The van der Waals surface area contributed by atoms with Gasteiger partial charge in [0, 0.05) is 24.2 Å². The first-order valence-electron chi connectivity index (χ1n) is 9.32. The van der Waals surface area contributed by atoms with Crippen molar-refractivity contribution in [3.63, 3.8) is 0 Å². The Hall–Kier alpha value is -3.52. The second-order valence-electron chi connectivity index (χ2n) is 6.77. The van der Waals surface area contributed by atoms with Gasteiger partial charge in [-0.2, -0.15) is 0 Å². The molecule has 30 heavy (non-hydrogen) atoms. The van der Waals surface area contributed by atoms with Crippen LogP contribution in [-0.4, -0.2) is 23.9 Å². The fourth-order valence-corrected chi connectivity index (χ4v) is 4.26. The minimum absolute atomic E-state index is 0.126. The lowest BCUT2D eigenvalue weighted by molar-refractivity contribution is 0.627. The third kappa shape index (κ3) is 3.57. The third-order valence-corrected chi connectivity index (χ3v) is 5.79. The van der Waals surface area contributed by atoms with Gasteiger partial charge in [-0.05, 0) is 35.9 Å². The van der Waals surface area contributed by atoms with Gasteiger partial charge in [-0.3, -0.25) is 14.2 Å². The van der Waals surface area contributed by atoms with E-state index in [-0.39, 0.29) is 11.4 Å². The van der Waals surface area contributed by atoms with E-state index in [2.05, 4.69) is 9.97 Å². The predicted molar refractivity (Wildman–Crippen MR) is 114 cm³/mol. The molecule has 0 N–H and O–H groups in total. The lowest BCUT2D eigenvalue weighted by atomic mass is 10.2. The van der Waals surface area contributed by atoms with Crippen molar-refractivity contribution < 1.29 is 4.39 Å². The highest BCUT2D eigenvalue weighted by Gasteiger charge is 2.14. The van der Waals surface area contributed by atoms with Gasteiger partial charge in [-0.25, -0.2) is 14.4 Å². The first-order chi connectivity index (χ1) is 14.7. The molecule has 0 spiro atoms. The van der Waals surface area contributed by atoms with Crippen LogP contribution < -0.4 is 5.56 Å². The summed E-state index contributed by atoms with van der Waals surface area (Å²) in [5.41, 5.74) is 3.82. The van der Waals surface area contributed by atoms with Crippen LogP contribution >= 0.6 is 11.8 Å². The minimum atomic E-state index is -0.254. The summed E-state index contributed by atoms with van der Waals surface area (Å²) < 4.78 is 16.7. The average Bonchev–Trinajstić information content (AvgIpc) is 3.11. The maximum atomic E-state index is 13.2. The van der Waals surface area contributed by atoms with Gasteiger partial charge in [0.25, 0.3) is 5.56 Å². The van der Waals surface area contributed by atoms with Crippen molar-refractivity contribution in [2.75, 3.05) is 0 Å². The topological polar surface area (TPSA) is 65.1 Å². The molecule has 0 aliphatic heterocycles. The number of nitrogens with zero attached hydrogens (tertiary/aromatic N) is 5. The molecule has 5 aromatic rings. The Morgan fingerprint density at radius 3 is 2.77 bits per heavy atom. The Bertz CT molecular complexity index is 1410. The quantitative estimate of drug-likeness (QED) is 0.406. The highest BCUT2D eigenvalue weighted by Crippen LogP contribution is 2.27. The molecule has 0 radical (unpaired) electrons. The van der Waals surface area contributed by atoms with Crippen LogP contribution in [0.15, 0.2) is 83.1 Å². The van der Waals surface area contributed by atoms with Gasteiger partial charge >= 0.3 is 0 Å². The molecule has 4 aromatic heterocycles. The van der Waals surface area contributed by atoms with Crippen molar-refractivity contribution in [1.29, 1.82) is 0 Å². The van der Waals surface area contributed by atoms with E-state index >= 15 is 0 Å². The highest BCUT2D eigenvalue weighted by atomic mass is 32.2. The normalized spacial score (nSPS) is 11.4. The number of pyridine rings is 2. The molecule has 0 bridgehead atoms. The molecular weight excluding hydrogens is 401 g/mol. The van der Waals surface area contributed by atoms with Crippen LogP contribution in [0.4, 0.5) is 4.39 Å².